The second-order valence-electron chi connectivity index (χ2n) is 8.63. The van der Waals surface area contributed by atoms with E-state index in [-0.39, 0.29) is 23.6 Å². The SMILES string of the molecule is COCCCNC(=O)C(NC(=O)c1ccc(OC)cc1)C1CCN(C(=O)CC(C)C)CC1. The Bertz CT molecular complexity index is 743. The molecule has 8 nitrogen and oxygen atoms in total. The molecule has 1 aromatic rings. The summed E-state index contributed by atoms with van der Waals surface area (Å²) < 4.78 is 10.2. The lowest BCUT2D eigenvalue weighted by atomic mass is 9.88. The Morgan fingerprint density at radius 1 is 1.09 bits per heavy atom. The zero-order chi connectivity index (χ0) is 23.5. The van der Waals surface area contributed by atoms with Crippen molar-refractivity contribution < 1.29 is 23.9 Å². The Kier molecular flexibility index (Phi) is 10.5. The van der Waals surface area contributed by atoms with Crippen LogP contribution >= 0.6 is 0 Å². The van der Waals surface area contributed by atoms with E-state index >= 15 is 0 Å². The van der Waals surface area contributed by atoms with Gasteiger partial charge in [0.15, 0.2) is 0 Å². The molecule has 0 aliphatic carbocycles. The molecule has 2 rings (SSSR count). The van der Waals surface area contributed by atoms with Crippen molar-refractivity contribution in [2.45, 2.75) is 45.6 Å². The highest BCUT2D eigenvalue weighted by atomic mass is 16.5. The van der Waals surface area contributed by atoms with E-state index < -0.39 is 6.04 Å². The molecule has 2 N–H and O–H groups in total. The molecular weight excluding hydrogens is 410 g/mol. The predicted molar refractivity (Wildman–Crippen MR) is 123 cm³/mol. The fraction of sp³-hybridized carbons (Fsp3) is 0.625. The van der Waals surface area contributed by atoms with Crippen molar-refractivity contribution in [1.29, 1.82) is 0 Å². The van der Waals surface area contributed by atoms with Gasteiger partial charge in [-0.05, 0) is 55.4 Å². The number of benzene rings is 1. The van der Waals surface area contributed by atoms with Gasteiger partial charge in [0.05, 0.1) is 7.11 Å². The maximum Gasteiger partial charge on any atom is 0.251 e. The van der Waals surface area contributed by atoms with Crippen LogP contribution in [0.4, 0.5) is 0 Å². The summed E-state index contributed by atoms with van der Waals surface area (Å²) in [5.74, 6) is 0.587. The summed E-state index contributed by atoms with van der Waals surface area (Å²) in [6, 6.07) is 6.12. The number of likely N-dealkylation sites (tertiary alicyclic amines) is 1. The molecule has 32 heavy (non-hydrogen) atoms. The molecule has 1 aromatic carbocycles. The molecule has 0 aromatic heterocycles. The number of hydrogen-bond acceptors (Lipinski definition) is 5. The standard InChI is InChI=1S/C24H37N3O5/c1-17(2)16-21(28)27-13-10-18(11-14-27)22(24(30)25-12-5-15-31-3)26-23(29)19-6-8-20(32-4)9-7-19/h6-9,17-18,22H,5,10-16H2,1-4H3,(H,25,30)(H,26,29). The number of nitrogens with one attached hydrogen (secondary N) is 2. The molecule has 0 radical (unpaired) electrons. The molecule has 0 saturated carbocycles. The van der Waals surface area contributed by atoms with Gasteiger partial charge in [-0.1, -0.05) is 13.8 Å². The molecule has 1 unspecified atom stereocenters. The summed E-state index contributed by atoms with van der Waals surface area (Å²) in [5.41, 5.74) is 0.465. The molecule has 0 spiro atoms. The average Bonchev–Trinajstić information content (AvgIpc) is 2.79. The first-order valence-corrected chi connectivity index (χ1v) is 11.3. The maximum absolute atomic E-state index is 13.0. The van der Waals surface area contributed by atoms with Crippen LogP contribution < -0.4 is 15.4 Å². The molecule has 3 amide bonds. The highest BCUT2D eigenvalue weighted by Crippen LogP contribution is 2.23. The monoisotopic (exact) mass is 447 g/mol. The molecule has 1 aliphatic heterocycles. The maximum atomic E-state index is 13.0. The number of rotatable bonds is 11. The van der Waals surface area contributed by atoms with Crippen molar-refractivity contribution in [3.63, 3.8) is 0 Å². The van der Waals surface area contributed by atoms with Crippen LogP contribution in [0.15, 0.2) is 24.3 Å². The fourth-order valence-corrected chi connectivity index (χ4v) is 3.86. The minimum atomic E-state index is -0.658. The number of carbonyl (C=O) groups excluding carboxylic acids is 3. The van der Waals surface area contributed by atoms with Gasteiger partial charge in [-0.15, -0.1) is 0 Å². The third-order valence-corrected chi connectivity index (χ3v) is 5.69. The van der Waals surface area contributed by atoms with Crippen LogP contribution in [0.2, 0.25) is 0 Å². The van der Waals surface area contributed by atoms with Gasteiger partial charge in [0, 0.05) is 45.3 Å². The molecule has 178 valence electrons. The van der Waals surface area contributed by atoms with Crippen molar-refractivity contribution in [2.24, 2.45) is 11.8 Å². The normalized spacial score (nSPS) is 15.3. The van der Waals surface area contributed by atoms with Crippen LogP contribution in [0, 0.1) is 11.8 Å². The molecule has 1 aliphatic rings. The van der Waals surface area contributed by atoms with E-state index in [4.69, 9.17) is 9.47 Å². The number of methoxy groups -OCH3 is 2. The quantitative estimate of drug-likeness (QED) is 0.507. The lowest BCUT2D eigenvalue weighted by Crippen LogP contribution is -2.54. The third-order valence-electron chi connectivity index (χ3n) is 5.69. The number of carbonyl (C=O) groups is 3. The third kappa shape index (κ3) is 7.82. The number of hydrogen-bond donors (Lipinski definition) is 2. The summed E-state index contributed by atoms with van der Waals surface area (Å²) in [5, 5.41) is 5.85. The van der Waals surface area contributed by atoms with Gasteiger partial charge < -0.3 is 25.0 Å². The van der Waals surface area contributed by atoms with Crippen molar-refractivity contribution in [1.82, 2.24) is 15.5 Å². The van der Waals surface area contributed by atoms with Gasteiger partial charge in [-0.2, -0.15) is 0 Å². The Balaban J connectivity index is 2.04. The molecule has 1 atom stereocenters. The second kappa shape index (κ2) is 13.1. The van der Waals surface area contributed by atoms with Crippen LogP contribution in [-0.4, -0.2) is 69.1 Å². The zero-order valence-corrected chi connectivity index (χ0v) is 19.7. The van der Waals surface area contributed by atoms with E-state index in [1.165, 1.54) is 0 Å². The van der Waals surface area contributed by atoms with Crippen LogP contribution in [0.3, 0.4) is 0 Å². The van der Waals surface area contributed by atoms with E-state index in [9.17, 15) is 14.4 Å². The Labute approximate surface area is 191 Å². The van der Waals surface area contributed by atoms with Gasteiger partial charge in [-0.25, -0.2) is 0 Å². The van der Waals surface area contributed by atoms with Gasteiger partial charge in [0.1, 0.15) is 11.8 Å². The second-order valence-corrected chi connectivity index (χ2v) is 8.63. The summed E-state index contributed by atoms with van der Waals surface area (Å²) in [6.07, 6.45) is 2.57. The average molecular weight is 448 g/mol. The van der Waals surface area contributed by atoms with Gasteiger partial charge >= 0.3 is 0 Å². The number of piperidine rings is 1. The van der Waals surface area contributed by atoms with Crippen molar-refractivity contribution in [3.05, 3.63) is 29.8 Å². The Hall–Kier alpha value is -2.61. The zero-order valence-electron chi connectivity index (χ0n) is 19.7. The van der Waals surface area contributed by atoms with Gasteiger partial charge in [0.25, 0.3) is 5.91 Å². The largest absolute Gasteiger partial charge is 0.497 e. The first kappa shape index (κ1) is 25.6. The Morgan fingerprint density at radius 2 is 1.75 bits per heavy atom. The fourth-order valence-electron chi connectivity index (χ4n) is 3.86. The summed E-state index contributed by atoms with van der Waals surface area (Å²) >= 11 is 0. The molecule has 1 fully saturated rings. The van der Waals surface area contributed by atoms with E-state index in [1.54, 1.807) is 38.5 Å². The smallest absolute Gasteiger partial charge is 0.251 e. The van der Waals surface area contributed by atoms with Crippen molar-refractivity contribution in [3.8, 4) is 5.75 Å². The summed E-state index contributed by atoms with van der Waals surface area (Å²) in [4.78, 5) is 40.1. The van der Waals surface area contributed by atoms with Gasteiger partial charge in [-0.3, -0.25) is 14.4 Å². The predicted octanol–water partition coefficient (Wildman–Crippen LogP) is 2.23. The van der Waals surface area contributed by atoms with Crippen LogP contribution in [0.5, 0.6) is 5.75 Å². The van der Waals surface area contributed by atoms with E-state index in [2.05, 4.69) is 10.6 Å². The van der Waals surface area contributed by atoms with Gasteiger partial charge in [0.2, 0.25) is 11.8 Å². The van der Waals surface area contributed by atoms with Crippen LogP contribution in [-0.2, 0) is 14.3 Å². The minimum absolute atomic E-state index is 0.0391. The van der Waals surface area contributed by atoms with E-state index in [1.807, 2.05) is 18.7 Å². The van der Waals surface area contributed by atoms with Crippen LogP contribution in [0.25, 0.3) is 0 Å². The highest BCUT2D eigenvalue weighted by Gasteiger charge is 2.34. The topological polar surface area (TPSA) is 97.0 Å². The molecule has 8 heteroatoms. The first-order valence-electron chi connectivity index (χ1n) is 11.3. The highest BCUT2D eigenvalue weighted by molar-refractivity contribution is 5.97. The number of nitrogens with zero attached hydrogens (tertiary/aromatic N) is 1. The molecular formula is C24H37N3O5. The lowest BCUT2D eigenvalue weighted by molar-refractivity contribution is -0.133. The molecule has 1 heterocycles. The van der Waals surface area contributed by atoms with Crippen LogP contribution in [0.1, 0.15) is 49.9 Å². The van der Waals surface area contributed by atoms with E-state index in [0.29, 0.717) is 69.2 Å². The molecule has 1 saturated heterocycles. The molecule has 0 bridgehead atoms. The first-order chi connectivity index (χ1) is 15.3. The minimum Gasteiger partial charge on any atom is -0.497 e. The van der Waals surface area contributed by atoms with E-state index in [0.717, 1.165) is 0 Å². The lowest BCUT2D eigenvalue weighted by Gasteiger charge is -2.36. The number of ether oxygens (including phenoxy) is 2. The number of amides is 3. The van der Waals surface area contributed by atoms with Crippen molar-refractivity contribution in [2.75, 3.05) is 40.5 Å². The summed E-state index contributed by atoms with van der Waals surface area (Å²) in [7, 11) is 3.19. The Morgan fingerprint density at radius 3 is 2.31 bits per heavy atom. The summed E-state index contributed by atoms with van der Waals surface area (Å²) in [6.45, 7) is 6.30. The van der Waals surface area contributed by atoms with Crippen molar-refractivity contribution >= 4 is 17.7 Å².